The zero-order valence-electron chi connectivity index (χ0n) is 22.9. The van der Waals surface area contributed by atoms with Crippen molar-refractivity contribution >= 4 is 34.1 Å². The standard InChI is InChI=1S/C36H36N2/c1-5-29-11-19-33(20-12-29)37(31-15-7-27(3)8-16-31)35-23-25-36(26-24-35)38(32-17-9-28(4)10-18-32)34-21-13-30(6-2)14-22-34/h7-26H,5-6H2,1-4H3. The van der Waals surface area contributed by atoms with Crippen LogP contribution >= 0.6 is 0 Å². The summed E-state index contributed by atoms with van der Waals surface area (Å²) in [7, 11) is 0. The Balaban J connectivity index is 1.56. The average molecular weight is 497 g/mol. The normalized spacial score (nSPS) is 10.8. The number of rotatable bonds is 8. The van der Waals surface area contributed by atoms with Gasteiger partial charge in [0.05, 0.1) is 0 Å². The molecule has 0 aliphatic carbocycles. The third kappa shape index (κ3) is 5.50. The van der Waals surface area contributed by atoms with Gasteiger partial charge in [0.15, 0.2) is 0 Å². The molecule has 0 atom stereocenters. The zero-order valence-corrected chi connectivity index (χ0v) is 22.9. The van der Waals surface area contributed by atoms with Crippen LogP contribution in [0.4, 0.5) is 34.1 Å². The van der Waals surface area contributed by atoms with Gasteiger partial charge in [-0.15, -0.1) is 0 Å². The summed E-state index contributed by atoms with van der Waals surface area (Å²) in [4.78, 5) is 4.66. The Morgan fingerprint density at radius 3 is 0.789 bits per heavy atom. The van der Waals surface area contributed by atoms with E-state index in [-0.39, 0.29) is 0 Å². The first-order valence-corrected chi connectivity index (χ1v) is 13.6. The molecule has 2 heteroatoms. The third-order valence-electron chi connectivity index (χ3n) is 7.16. The van der Waals surface area contributed by atoms with Crippen molar-refractivity contribution < 1.29 is 0 Å². The summed E-state index contributed by atoms with van der Waals surface area (Å²) in [6.45, 7) is 8.65. The van der Waals surface area contributed by atoms with E-state index in [1.54, 1.807) is 0 Å². The average Bonchev–Trinajstić information content (AvgIpc) is 2.97. The summed E-state index contributed by atoms with van der Waals surface area (Å²) in [6.07, 6.45) is 2.07. The molecule has 0 aromatic heterocycles. The summed E-state index contributed by atoms with van der Waals surface area (Å²) in [5, 5.41) is 0. The molecule has 0 amide bonds. The minimum Gasteiger partial charge on any atom is -0.311 e. The maximum atomic E-state index is 2.33. The van der Waals surface area contributed by atoms with Gasteiger partial charge in [-0.1, -0.05) is 73.5 Å². The minimum absolute atomic E-state index is 1.04. The monoisotopic (exact) mass is 496 g/mol. The molecule has 38 heavy (non-hydrogen) atoms. The minimum atomic E-state index is 1.04. The fourth-order valence-corrected chi connectivity index (χ4v) is 4.79. The summed E-state index contributed by atoms with van der Waals surface area (Å²) in [5.74, 6) is 0. The first kappa shape index (κ1) is 25.4. The van der Waals surface area contributed by atoms with Crippen LogP contribution in [0.2, 0.25) is 0 Å². The highest BCUT2D eigenvalue weighted by Gasteiger charge is 2.16. The predicted molar refractivity (Wildman–Crippen MR) is 164 cm³/mol. The number of hydrogen-bond acceptors (Lipinski definition) is 2. The zero-order chi connectivity index (χ0) is 26.5. The van der Waals surface area contributed by atoms with E-state index in [4.69, 9.17) is 0 Å². The second-order valence-corrected chi connectivity index (χ2v) is 9.90. The van der Waals surface area contributed by atoms with Crippen molar-refractivity contribution in [3.8, 4) is 0 Å². The van der Waals surface area contributed by atoms with Crippen LogP contribution in [-0.2, 0) is 12.8 Å². The van der Waals surface area contributed by atoms with Crippen molar-refractivity contribution in [2.75, 3.05) is 9.80 Å². The van der Waals surface area contributed by atoms with Gasteiger partial charge in [-0.05, 0) is 111 Å². The first-order chi connectivity index (χ1) is 18.6. The fraction of sp³-hybridized carbons (Fsp3) is 0.167. The Hall–Kier alpha value is -4.30. The molecule has 0 spiro atoms. The lowest BCUT2D eigenvalue weighted by Crippen LogP contribution is -2.12. The van der Waals surface area contributed by atoms with E-state index in [1.807, 2.05) is 0 Å². The largest absolute Gasteiger partial charge is 0.311 e. The lowest BCUT2D eigenvalue weighted by atomic mass is 10.1. The van der Waals surface area contributed by atoms with Crippen LogP contribution in [0.25, 0.3) is 0 Å². The van der Waals surface area contributed by atoms with E-state index in [0.29, 0.717) is 0 Å². The quantitative estimate of drug-likeness (QED) is 0.211. The molecular formula is C36H36N2. The van der Waals surface area contributed by atoms with Crippen LogP contribution in [0.5, 0.6) is 0 Å². The Morgan fingerprint density at radius 2 is 0.553 bits per heavy atom. The van der Waals surface area contributed by atoms with Crippen LogP contribution in [0.1, 0.15) is 36.1 Å². The van der Waals surface area contributed by atoms with Gasteiger partial charge in [0.1, 0.15) is 0 Å². The maximum absolute atomic E-state index is 2.33. The summed E-state index contributed by atoms with van der Waals surface area (Å²) >= 11 is 0. The first-order valence-electron chi connectivity index (χ1n) is 13.6. The van der Waals surface area contributed by atoms with Gasteiger partial charge in [-0.25, -0.2) is 0 Å². The van der Waals surface area contributed by atoms with Crippen molar-refractivity contribution in [3.63, 3.8) is 0 Å². The predicted octanol–water partition coefficient (Wildman–Crippen LogP) is 10.4. The molecular weight excluding hydrogens is 460 g/mol. The molecule has 0 bridgehead atoms. The van der Waals surface area contributed by atoms with E-state index in [9.17, 15) is 0 Å². The number of nitrogens with zero attached hydrogens (tertiary/aromatic N) is 2. The molecule has 5 aromatic carbocycles. The van der Waals surface area contributed by atoms with Crippen LogP contribution in [0.15, 0.2) is 121 Å². The molecule has 5 rings (SSSR count). The van der Waals surface area contributed by atoms with Crippen molar-refractivity contribution in [2.24, 2.45) is 0 Å². The van der Waals surface area contributed by atoms with Crippen LogP contribution < -0.4 is 9.80 Å². The lowest BCUT2D eigenvalue weighted by Gasteiger charge is -2.28. The molecule has 0 saturated carbocycles. The number of hydrogen-bond donors (Lipinski definition) is 0. The second kappa shape index (κ2) is 11.4. The molecule has 0 fully saturated rings. The Bertz CT molecular complexity index is 1330. The van der Waals surface area contributed by atoms with Crippen molar-refractivity contribution in [1.82, 2.24) is 0 Å². The maximum Gasteiger partial charge on any atom is 0.0463 e. The van der Waals surface area contributed by atoms with Gasteiger partial charge in [0.2, 0.25) is 0 Å². The molecule has 0 aliphatic heterocycles. The third-order valence-corrected chi connectivity index (χ3v) is 7.16. The summed E-state index contributed by atoms with van der Waals surface area (Å²) in [5.41, 5.74) is 12.1. The molecule has 5 aromatic rings. The highest BCUT2D eigenvalue weighted by atomic mass is 15.2. The highest BCUT2D eigenvalue weighted by Crippen LogP contribution is 2.39. The van der Waals surface area contributed by atoms with Crippen LogP contribution in [-0.4, -0.2) is 0 Å². The molecule has 0 aliphatic rings. The lowest BCUT2D eigenvalue weighted by molar-refractivity contribution is 1.13. The van der Waals surface area contributed by atoms with Gasteiger partial charge >= 0.3 is 0 Å². The Labute approximate surface area is 227 Å². The van der Waals surface area contributed by atoms with Crippen LogP contribution in [0.3, 0.4) is 0 Å². The molecule has 0 unspecified atom stereocenters. The van der Waals surface area contributed by atoms with Gasteiger partial charge < -0.3 is 9.80 Å². The second-order valence-electron chi connectivity index (χ2n) is 9.90. The van der Waals surface area contributed by atoms with E-state index < -0.39 is 0 Å². The fourth-order valence-electron chi connectivity index (χ4n) is 4.79. The van der Waals surface area contributed by atoms with Gasteiger partial charge in [0.25, 0.3) is 0 Å². The highest BCUT2D eigenvalue weighted by molar-refractivity contribution is 5.81. The SMILES string of the molecule is CCc1ccc(N(c2ccc(C)cc2)c2ccc(N(c3ccc(C)cc3)c3ccc(CC)cc3)cc2)cc1. The van der Waals surface area contributed by atoms with E-state index >= 15 is 0 Å². The molecule has 190 valence electrons. The molecule has 0 saturated heterocycles. The van der Waals surface area contributed by atoms with E-state index in [2.05, 4.69) is 159 Å². The smallest absolute Gasteiger partial charge is 0.0463 e. The van der Waals surface area contributed by atoms with E-state index in [1.165, 1.54) is 22.3 Å². The van der Waals surface area contributed by atoms with E-state index in [0.717, 1.165) is 47.0 Å². The Morgan fingerprint density at radius 1 is 0.342 bits per heavy atom. The summed E-state index contributed by atoms with van der Waals surface area (Å²) < 4.78 is 0. The molecule has 0 radical (unpaired) electrons. The summed E-state index contributed by atoms with van der Waals surface area (Å²) in [6, 6.07) is 44.2. The van der Waals surface area contributed by atoms with Crippen LogP contribution in [0, 0.1) is 13.8 Å². The molecule has 0 heterocycles. The topological polar surface area (TPSA) is 6.48 Å². The van der Waals surface area contributed by atoms with Crippen molar-refractivity contribution in [2.45, 2.75) is 40.5 Å². The van der Waals surface area contributed by atoms with Gasteiger partial charge in [0, 0.05) is 34.1 Å². The molecule has 2 nitrogen and oxygen atoms in total. The van der Waals surface area contributed by atoms with Crippen molar-refractivity contribution in [1.29, 1.82) is 0 Å². The van der Waals surface area contributed by atoms with Gasteiger partial charge in [-0.3, -0.25) is 0 Å². The number of anilines is 6. The van der Waals surface area contributed by atoms with Gasteiger partial charge in [-0.2, -0.15) is 0 Å². The number of aryl methyl sites for hydroxylation is 4. The molecule has 0 N–H and O–H groups in total. The van der Waals surface area contributed by atoms with Crippen molar-refractivity contribution in [3.05, 3.63) is 144 Å². The Kier molecular flexibility index (Phi) is 7.60. The number of benzene rings is 5.